The number of ketones is 1. The molecule has 1 unspecified atom stereocenters. The highest BCUT2D eigenvalue weighted by molar-refractivity contribution is 6.46. The lowest BCUT2D eigenvalue weighted by Gasteiger charge is -2.25. The molecule has 1 aliphatic rings. The molecule has 0 bridgehead atoms. The second-order valence-electron chi connectivity index (χ2n) is 7.78. The van der Waals surface area contributed by atoms with E-state index in [2.05, 4.69) is 0 Å². The number of carbonyl (C=O) groups excluding carboxylic acids is 2. The Hall–Kier alpha value is -3.32. The number of rotatable bonds is 8. The number of hydrogen-bond acceptors (Lipinski definition) is 6. The van der Waals surface area contributed by atoms with Gasteiger partial charge in [0.05, 0.1) is 31.4 Å². The summed E-state index contributed by atoms with van der Waals surface area (Å²) < 4.78 is 16.0. The quantitative estimate of drug-likeness (QED) is 0.292. The summed E-state index contributed by atoms with van der Waals surface area (Å²) in [5, 5.41) is 11.4. The maximum absolute atomic E-state index is 13.2. The zero-order valence-electron chi connectivity index (χ0n) is 19.1. The van der Waals surface area contributed by atoms with Crippen molar-refractivity contribution >= 4 is 17.4 Å². The second kappa shape index (κ2) is 9.87. The van der Waals surface area contributed by atoms with E-state index in [1.54, 1.807) is 38.5 Å². The predicted octanol–water partition coefficient (Wildman–Crippen LogP) is 3.78. The number of likely N-dealkylation sites (tertiary alicyclic amines) is 1. The molecule has 2 aromatic carbocycles. The topological polar surface area (TPSA) is 85.3 Å². The summed E-state index contributed by atoms with van der Waals surface area (Å²) in [5.41, 5.74) is 2.81. The van der Waals surface area contributed by atoms with Crippen LogP contribution in [0.3, 0.4) is 0 Å². The van der Waals surface area contributed by atoms with E-state index in [1.165, 1.54) is 12.0 Å². The lowest BCUT2D eigenvalue weighted by molar-refractivity contribution is -0.140. The molecular weight excluding hydrogens is 410 g/mol. The van der Waals surface area contributed by atoms with Crippen LogP contribution >= 0.6 is 0 Å². The molecule has 32 heavy (non-hydrogen) atoms. The number of carbonyl (C=O) groups is 2. The molecule has 0 aromatic heterocycles. The number of nitrogens with zero attached hydrogens (tertiary/aromatic N) is 1. The minimum Gasteiger partial charge on any atom is -0.507 e. The molecule has 2 aromatic rings. The lowest BCUT2D eigenvalue weighted by Crippen LogP contribution is -2.31. The van der Waals surface area contributed by atoms with Crippen LogP contribution in [0.1, 0.15) is 34.7 Å². The molecule has 0 radical (unpaired) electrons. The standard InChI is InChI=1S/C25H29NO6/c1-15-12-16(2)24(32-5)19(13-15)22(27)20-21(17-8-6-9-18(14-17)31-4)26(10-7-11-30-3)25(29)23(20)28/h6,8-9,12-14,21,27H,7,10-11H2,1-5H3/b22-20+. The number of benzene rings is 2. The fourth-order valence-corrected chi connectivity index (χ4v) is 4.19. The Bertz CT molecular complexity index is 1060. The van der Waals surface area contributed by atoms with Crippen LogP contribution in [-0.4, -0.2) is 56.2 Å². The van der Waals surface area contributed by atoms with Gasteiger partial charge in [-0.3, -0.25) is 9.59 Å². The third-order valence-corrected chi connectivity index (χ3v) is 5.58. The van der Waals surface area contributed by atoms with Crippen molar-refractivity contribution in [2.45, 2.75) is 26.3 Å². The highest BCUT2D eigenvalue weighted by Gasteiger charge is 2.46. The third-order valence-electron chi connectivity index (χ3n) is 5.58. The number of methoxy groups -OCH3 is 3. The summed E-state index contributed by atoms with van der Waals surface area (Å²) in [6.07, 6.45) is 0.552. The van der Waals surface area contributed by atoms with Crippen molar-refractivity contribution < 1.29 is 28.9 Å². The van der Waals surface area contributed by atoms with Crippen LogP contribution < -0.4 is 9.47 Å². The predicted molar refractivity (Wildman–Crippen MR) is 121 cm³/mol. The summed E-state index contributed by atoms with van der Waals surface area (Å²) >= 11 is 0. The van der Waals surface area contributed by atoms with Crippen molar-refractivity contribution in [1.82, 2.24) is 4.90 Å². The fourth-order valence-electron chi connectivity index (χ4n) is 4.19. The van der Waals surface area contributed by atoms with Gasteiger partial charge in [-0.25, -0.2) is 0 Å². The molecule has 0 saturated carbocycles. The number of Topliss-reactive ketones (excluding diaryl/α,β-unsaturated/α-hetero) is 1. The van der Waals surface area contributed by atoms with Crippen molar-refractivity contribution in [3.05, 3.63) is 64.2 Å². The van der Waals surface area contributed by atoms with E-state index >= 15 is 0 Å². The van der Waals surface area contributed by atoms with Gasteiger partial charge in [-0.15, -0.1) is 0 Å². The molecule has 0 spiro atoms. The normalized spacial score (nSPS) is 17.7. The number of ether oxygens (including phenoxy) is 3. The van der Waals surface area contributed by atoms with E-state index < -0.39 is 17.7 Å². The summed E-state index contributed by atoms with van der Waals surface area (Å²) in [6, 6.07) is 10.1. The van der Waals surface area contributed by atoms with Crippen molar-refractivity contribution in [2.75, 3.05) is 34.5 Å². The van der Waals surface area contributed by atoms with E-state index in [0.717, 1.165) is 11.1 Å². The van der Waals surface area contributed by atoms with Crippen LogP contribution in [0.2, 0.25) is 0 Å². The molecule has 1 fully saturated rings. The average Bonchev–Trinajstić information content (AvgIpc) is 3.03. The zero-order valence-corrected chi connectivity index (χ0v) is 19.1. The Balaban J connectivity index is 2.23. The van der Waals surface area contributed by atoms with E-state index in [-0.39, 0.29) is 11.3 Å². The van der Waals surface area contributed by atoms with Gasteiger partial charge in [0.25, 0.3) is 11.7 Å². The van der Waals surface area contributed by atoms with Gasteiger partial charge >= 0.3 is 0 Å². The van der Waals surface area contributed by atoms with E-state index in [1.807, 2.05) is 26.0 Å². The van der Waals surface area contributed by atoms with E-state index in [4.69, 9.17) is 14.2 Å². The summed E-state index contributed by atoms with van der Waals surface area (Å²) in [7, 11) is 4.65. The van der Waals surface area contributed by atoms with Gasteiger partial charge in [0.1, 0.15) is 17.3 Å². The van der Waals surface area contributed by atoms with E-state index in [9.17, 15) is 14.7 Å². The Kier molecular flexibility index (Phi) is 7.20. The molecule has 1 aliphatic heterocycles. The molecular formula is C25H29NO6. The average molecular weight is 440 g/mol. The highest BCUT2D eigenvalue weighted by atomic mass is 16.5. The monoisotopic (exact) mass is 439 g/mol. The number of hydrogen-bond donors (Lipinski definition) is 1. The molecule has 0 aliphatic carbocycles. The van der Waals surface area contributed by atoms with E-state index in [0.29, 0.717) is 42.2 Å². The minimum absolute atomic E-state index is 0.0315. The first kappa shape index (κ1) is 23.3. The molecule has 1 saturated heterocycles. The van der Waals surface area contributed by atoms with Crippen LogP contribution in [0, 0.1) is 13.8 Å². The Morgan fingerprint density at radius 2 is 1.81 bits per heavy atom. The second-order valence-corrected chi connectivity index (χ2v) is 7.78. The lowest BCUT2D eigenvalue weighted by atomic mass is 9.93. The smallest absolute Gasteiger partial charge is 0.295 e. The number of aliphatic hydroxyl groups is 1. The first-order valence-electron chi connectivity index (χ1n) is 10.4. The van der Waals surface area contributed by atoms with Gasteiger partial charge in [0, 0.05) is 20.3 Å². The van der Waals surface area contributed by atoms with Gasteiger partial charge in [-0.2, -0.15) is 0 Å². The third kappa shape index (κ3) is 4.34. The minimum atomic E-state index is -0.757. The molecule has 7 heteroatoms. The van der Waals surface area contributed by atoms with Gasteiger partial charge < -0.3 is 24.2 Å². The summed E-state index contributed by atoms with van der Waals surface area (Å²) in [6.45, 7) is 4.51. The Morgan fingerprint density at radius 3 is 2.47 bits per heavy atom. The van der Waals surface area contributed by atoms with Gasteiger partial charge in [0.2, 0.25) is 0 Å². The van der Waals surface area contributed by atoms with Crippen molar-refractivity contribution in [3.63, 3.8) is 0 Å². The van der Waals surface area contributed by atoms with Gasteiger partial charge in [-0.05, 0) is 55.2 Å². The van der Waals surface area contributed by atoms with Crippen LogP contribution in [-0.2, 0) is 14.3 Å². The van der Waals surface area contributed by atoms with Crippen molar-refractivity contribution in [3.8, 4) is 11.5 Å². The van der Waals surface area contributed by atoms with Crippen molar-refractivity contribution in [1.29, 1.82) is 0 Å². The summed E-state index contributed by atoms with van der Waals surface area (Å²) in [5.74, 6) is -0.584. The van der Waals surface area contributed by atoms with Gasteiger partial charge in [0.15, 0.2) is 0 Å². The zero-order chi connectivity index (χ0) is 23.4. The van der Waals surface area contributed by atoms with Crippen LogP contribution in [0.5, 0.6) is 11.5 Å². The highest BCUT2D eigenvalue weighted by Crippen LogP contribution is 2.42. The molecule has 170 valence electrons. The molecule has 1 heterocycles. The van der Waals surface area contributed by atoms with Crippen LogP contribution in [0.4, 0.5) is 0 Å². The van der Waals surface area contributed by atoms with Crippen LogP contribution in [0.15, 0.2) is 42.0 Å². The molecule has 3 rings (SSSR count). The summed E-state index contributed by atoms with van der Waals surface area (Å²) in [4.78, 5) is 27.6. The fraction of sp³-hybridized carbons (Fsp3) is 0.360. The first-order chi connectivity index (χ1) is 15.3. The molecule has 1 atom stereocenters. The maximum atomic E-state index is 13.2. The molecule has 1 N–H and O–H groups in total. The number of amides is 1. The Labute approximate surface area is 188 Å². The molecule has 7 nitrogen and oxygen atoms in total. The maximum Gasteiger partial charge on any atom is 0.295 e. The number of aryl methyl sites for hydroxylation is 2. The molecule has 1 amide bonds. The first-order valence-corrected chi connectivity index (χ1v) is 10.4. The van der Waals surface area contributed by atoms with Crippen LogP contribution in [0.25, 0.3) is 5.76 Å². The van der Waals surface area contributed by atoms with Crippen molar-refractivity contribution in [2.24, 2.45) is 0 Å². The SMILES string of the molecule is COCCCN1C(=O)C(=O)/C(=C(/O)c2cc(C)cc(C)c2OC)C1c1cccc(OC)c1. The largest absolute Gasteiger partial charge is 0.507 e. The Morgan fingerprint density at radius 1 is 1.06 bits per heavy atom. The number of aliphatic hydroxyl groups excluding tert-OH is 1. The van der Waals surface area contributed by atoms with Gasteiger partial charge in [-0.1, -0.05) is 18.2 Å².